The first-order valence-corrected chi connectivity index (χ1v) is 8.41. The SMILES string of the molecule is Cc1ncc2n1[C@@H](c1ccc(NC(=O)Nc3ccn[nH]3)cc1)CCC2. The molecule has 3 N–H and O–H groups in total. The molecule has 0 saturated carbocycles. The number of nitrogens with one attached hydrogen (secondary N) is 3. The number of aromatic nitrogens is 4. The van der Waals surface area contributed by atoms with Crippen LogP contribution in [-0.4, -0.2) is 25.8 Å². The highest BCUT2D eigenvalue weighted by atomic mass is 16.2. The zero-order valence-corrected chi connectivity index (χ0v) is 14.0. The predicted octanol–water partition coefficient (Wildman–Crippen LogP) is 3.48. The molecule has 0 saturated heterocycles. The normalized spacial score (nSPS) is 16.3. The molecule has 2 amide bonds. The van der Waals surface area contributed by atoms with Gasteiger partial charge in [0.15, 0.2) is 0 Å². The Labute approximate surface area is 145 Å². The van der Waals surface area contributed by atoms with Gasteiger partial charge in [-0.2, -0.15) is 5.10 Å². The lowest BCUT2D eigenvalue weighted by Crippen LogP contribution is -2.21. The fourth-order valence-corrected chi connectivity index (χ4v) is 3.43. The zero-order valence-electron chi connectivity index (χ0n) is 14.0. The molecule has 4 rings (SSSR count). The van der Waals surface area contributed by atoms with Crippen LogP contribution in [0.2, 0.25) is 0 Å². The number of fused-ring (bicyclic) bond motifs is 1. The second-order valence-electron chi connectivity index (χ2n) is 6.25. The van der Waals surface area contributed by atoms with Gasteiger partial charge < -0.3 is 9.88 Å². The molecule has 25 heavy (non-hydrogen) atoms. The Kier molecular flexibility index (Phi) is 3.97. The summed E-state index contributed by atoms with van der Waals surface area (Å²) in [5.74, 6) is 1.61. The summed E-state index contributed by atoms with van der Waals surface area (Å²) in [5.41, 5.74) is 3.29. The van der Waals surface area contributed by atoms with Crippen molar-refractivity contribution >= 4 is 17.5 Å². The Bertz CT molecular complexity index is 866. The number of rotatable bonds is 3. The zero-order chi connectivity index (χ0) is 17.2. The number of hydrogen-bond donors (Lipinski definition) is 3. The molecule has 128 valence electrons. The van der Waals surface area contributed by atoms with E-state index >= 15 is 0 Å². The van der Waals surface area contributed by atoms with E-state index in [2.05, 4.69) is 49.4 Å². The first-order chi connectivity index (χ1) is 12.2. The number of urea groups is 1. The predicted molar refractivity (Wildman–Crippen MR) is 95.7 cm³/mol. The minimum absolute atomic E-state index is 0.303. The molecule has 1 aromatic carbocycles. The van der Waals surface area contributed by atoms with E-state index in [0.717, 1.165) is 24.4 Å². The van der Waals surface area contributed by atoms with Crippen LogP contribution in [0.15, 0.2) is 42.7 Å². The van der Waals surface area contributed by atoms with E-state index in [-0.39, 0.29) is 6.03 Å². The maximum Gasteiger partial charge on any atom is 0.324 e. The number of carbonyl (C=O) groups is 1. The third-order valence-electron chi connectivity index (χ3n) is 4.58. The summed E-state index contributed by atoms with van der Waals surface area (Å²) < 4.78 is 2.33. The molecule has 7 heteroatoms. The number of H-pyrrole nitrogens is 1. The molecule has 3 aromatic rings. The van der Waals surface area contributed by atoms with E-state index in [1.807, 2.05) is 18.3 Å². The molecule has 0 fully saturated rings. The van der Waals surface area contributed by atoms with Gasteiger partial charge in [0.05, 0.1) is 12.2 Å². The summed E-state index contributed by atoms with van der Waals surface area (Å²) >= 11 is 0. The van der Waals surface area contributed by atoms with Crippen LogP contribution in [0.3, 0.4) is 0 Å². The molecule has 0 radical (unpaired) electrons. The van der Waals surface area contributed by atoms with Crippen molar-refractivity contribution in [1.29, 1.82) is 0 Å². The summed E-state index contributed by atoms with van der Waals surface area (Å²) in [6, 6.07) is 9.72. The molecular formula is C18H20N6O. The van der Waals surface area contributed by atoms with Gasteiger partial charge >= 0.3 is 6.03 Å². The summed E-state index contributed by atoms with van der Waals surface area (Å²) in [6.45, 7) is 2.05. The molecule has 2 aromatic heterocycles. The molecule has 0 aliphatic carbocycles. The summed E-state index contributed by atoms with van der Waals surface area (Å²) in [6.07, 6.45) is 6.93. The number of anilines is 2. The molecule has 0 bridgehead atoms. The Hall–Kier alpha value is -3.09. The number of nitrogens with zero attached hydrogens (tertiary/aromatic N) is 3. The van der Waals surface area contributed by atoms with Crippen LogP contribution in [0.5, 0.6) is 0 Å². The van der Waals surface area contributed by atoms with Crippen LogP contribution in [-0.2, 0) is 6.42 Å². The molecule has 0 spiro atoms. The van der Waals surface area contributed by atoms with Crippen molar-refractivity contribution in [2.24, 2.45) is 0 Å². The Balaban J connectivity index is 1.47. The lowest BCUT2D eigenvalue weighted by molar-refractivity contribution is 0.262. The highest BCUT2D eigenvalue weighted by Crippen LogP contribution is 2.32. The van der Waals surface area contributed by atoms with Gasteiger partial charge in [0, 0.05) is 23.6 Å². The van der Waals surface area contributed by atoms with E-state index in [9.17, 15) is 4.79 Å². The van der Waals surface area contributed by atoms with Crippen molar-refractivity contribution in [2.75, 3.05) is 10.6 Å². The molecule has 0 unspecified atom stereocenters. The Morgan fingerprint density at radius 1 is 1.24 bits per heavy atom. The minimum atomic E-state index is -0.303. The summed E-state index contributed by atoms with van der Waals surface area (Å²) in [7, 11) is 0. The van der Waals surface area contributed by atoms with Crippen molar-refractivity contribution in [1.82, 2.24) is 19.7 Å². The Morgan fingerprint density at radius 2 is 2.08 bits per heavy atom. The second kappa shape index (κ2) is 6.43. The van der Waals surface area contributed by atoms with Crippen molar-refractivity contribution in [3.63, 3.8) is 0 Å². The van der Waals surface area contributed by atoms with Gasteiger partial charge in [-0.1, -0.05) is 12.1 Å². The van der Waals surface area contributed by atoms with Crippen LogP contribution >= 0.6 is 0 Å². The van der Waals surface area contributed by atoms with E-state index in [4.69, 9.17) is 0 Å². The van der Waals surface area contributed by atoms with Crippen LogP contribution < -0.4 is 10.6 Å². The van der Waals surface area contributed by atoms with Crippen LogP contribution in [0.1, 0.15) is 36.0 Å². The second-order valence-corrected chi connectivity index (χ2v) is 6.25. The third-order valence-corrected chi connectivity index (χ3v) is 4.58. The highest BCUT2D eigenvalue weighted by Gasteiger charge is 2.23. The first-order valence-electron chi connectivity index (χ1n) is 8.41. The van der Waals surface area contributed by atoms with Gasteiger partial charge in [-0.25, -0.2) is 9.78 Å². The van der Waals surface area contributed by atoms with Gasteiger partial charge in [0.25, 0.3) is 0 Å². The number of hydrogen-bond acceptors (Lipinski definition) is 3. The highest BCUT2D eigenvalue weighted by molar-refractivity contribution is 5.99. The van der Waals surface area contributed by atoms with Gasteiger partial charge in [0.2, 0.25) is 0 Å². The lowest BCUT2D eigenvalue weighted by atomic mass is 9.96. The van der Waals surface area contributed by atoms with Gasteiger partial charge in [-0.05, 0) is 43.9 Å². The van der Waals surface area contributed by atoms with Crippen molar-refractivity contribution in [3.8, 4) is 0 Å². The fourth-order valence-electron chi connectivity index (χ4n) is 3.43. The number of amides is 2. The molecule has 1 aliphatic heterocycles. The average Bonchev–Trinajstić information content (AvgIpc) is 3.26. The summed E-state index contributed by atoms with van der Waals surface area (Å²) in [4.78, 5) is 16.4. The topological polar surface area (TPSA) is 87.6 Å². The van der Waals surface area contributed by atoms with Crippen molar-refractivity contribution in [3.05, 3.63) is 59.8 Å². The van der Waals surface area contributed by atoms with E-state index < -0.39 is 0 Å². The lowest BCUT2D eigenvalue weighted by Gasteiger charge is -2.27. The monoisotopic (exact) mass is 336 g/mol. The number of aryl methyl sites for hydroxylation is 2. The quantitative estimate of drug-likeness (QED) is 0.684. The van der Waals surface area contributed by atoms with Crippen molar-refractivity contribution in [2.45, 2.75) is 32.2 Å². The van der Waals surface area contributed by atoms with Crippen LogP contribution in [0, 0.1) is 6.92 Å². The molecular weight excluding hydrogens is 316 g/mol. The number of carbonyl (C=O) groups excluding carboxylic acids is 1. The first kappa shape index (κ1) is 15.4. The number of aromatic amines is 1. The van der Waals surface area contributed by atoms with Gasteiger partial charge in [0.1, 0.15) is 11.6 Å². The minimum Gasteiger partial charge on any atom is -0.325 e. The van der Waals surface area contributed by atoms with Crippen molar-refractivity contribution < 1.29 is 4.79 Å². The molecule has 3 heterocycles. The largest absolute Gasteiger partial charge is 0.325 e. The van der Waals surface area contributed by atoms with Crippen LogP contribution in [0.25, 0.3) is 0 Å². The molecule has 1 aliphatic rings. The van der Waals surface area contributed by atoms with Gasteiger partial charge in [-0.15, -0.1) is 0 Å². The Morgan fingerprint density at radius 3 is 2.84 bits per heavy atom. The van der Waals surface area contributed by atoms with E-state index in [1.54, 1.807) is 12.3 Å². The maximum atomic E-state index is 12.0. The number of imidazole rings is 1. The van der Waals surface area contributed by atoms with Crippen LogP contribution in [0.4, 0.5) is 16.3 Å². The average molecular weight is 336 g/mol. The third kappa shape index (κ3) is 3.13. The smallest absolute Gasteiger partial charge is 0.324 e. The molecule has 7 nitrogen and oxygen atoms in total. The summed E-state index contributed by atoms with van der Waals surface area (Å²) in [5, 5.41) is 12.0. The van der Waals surface area contributed by atoms with E-state index in [1.165, 1.54) is 17.7 Å². The van der Waals surface area contributed by atoms with Gasteiger partial charge in [-0.3, -0.25) is 10.4 Å². The molecule has 1 atom stereocenters. The standard InChI is InChI=1S/C18H20N6O/c1-12-19-11-15-3-2-4-16(24(12)15)13-5-7-14(8-6-13)21-18(25)22-17-9-10-20-23-17/h5-11,16H,2-4H2,1H3,(H3,20,21,22,23,25)/t16-/m1/s1. The maximum absolute atomic E-state index is 12.0. The fraction of sp³-hybridized carbons (Fsp3) is 0.278. The number of benzene rings is 1. The van der Waals surface area contributed by atoms with E-state index in [0.29, 0.717) is 11.9 Å².